The van der Waals surface area contributed by atoms with Gasteiger partial charge in [-0.05, 0) is 39.5 Å². The number of hydrogen-bond donors (Lipinski definition) is 1. The molecule has 1 aromatic heterocycles. The van der Waals surface area contributed by atoms with Crippen LogP contribution >= 0.6 is 0 Å². The Morgan fingerprint density at radius 3 is 2.58 bits per heavy atom. The Labute approximate surface area is 143 Å². The van der Waals surface area contributed by atoms with Crippen molar-refractivity contribution in [2.24, 2.45) is 7.05 Å². The summed E-state index contributed by atoms with van der Waals surface area (Å²) < 4.78 is 3.38. The summed E-state index contributed by atoms with van der Waals surface area (Å²) in [7, 11) is 1.73. The molecule has 0 radical (unpaired) electrons. The van der Waals surface area contributed by atoms with Gasteiger partial charge < -0.3 is 10.2 Å². The molecule has 1 unspecified atom stereocenters. The van der Waals surface area contributed by atoms with Gasteiger partial charge in [0, 0.05) is 38.1 Å². The third kappa shape index (κ3) is 3.35. The number of carbonyl (C=O) groups excluding carboxylic acids is 1. The van der Waals surface area contributed by atoms with E-state index in [0.29, 0.717) is 6.54 Å². The first-order valence-corrected chi connectivity index (χ1v) is 9.18. The van der Waals surface area contributed by atoms with Gasteiger partial charge in [0.25, 0.3) is 0 Å². The number of carbonyl (C=O) groups is 1. The molecule has 2 heterocycles. The Hall–Kier alpha value is -1.79. The molecule has 0 bridgehead atoms. The first kappa shape index (κ1) is 17.0. The fourth-order valence-electron chi connectivity index (χ4n) is 3.99. The van der Waals surface area contributed by atoms with Gasteiger partial charge in [-0.2, -0.15) is 5.10 Å². The number of amides is 2. The fourth-order valence-corrected chi connectivity index (χ4v) is 3.99. The molecular weight excluding hydrogens is 306 g/mol. The quantitative estimate of drug-likeness (QED) is 0.918. The molecule has 2 fully saturated rings. The number of aryl methyl sites for hydroxylation is 1. The molecule has 7 nitrogen and oxygen atoms in total. The topological polar surface area (TPSA) is 72.2 Å². The number of urea groups is 1. The Balaban J connectivity index is 1.82. The highest BCUT2D eigenvalue weighted by Crippen LogP contribution is 2.33. The van der Waals surface area contributed by atoms with Crippen LogP contribution in [-0.4, -0.2) is 44.4 Å². The lowest BCUT2D eigenvalue weighted by Crippen LogP contribution is -2.47. The number of piperidine rings is 1. The van der Waals surface area contributed by atoms with Gasteiger partial charge in [0.2, 0.25) is 0 Å². The molecule has 24 heavy (non-hydrogen) atoms. The van der Waals surface area contributed by atoms with Gasteiger partial charge in [0.15, 0.2) is 0 Å². The monoisotopic (exact) mass is 335 g/mol. The largest absolute Gasteiger partial charge is 0.345 e. The first-order valence-electron chi connectivity index (χ1n) is 9.18. The van der Waals surface area contributed by atoms with Crippen LogP contribution in [0.3, 0.4) is 0 Å². The molecule has 1 aromatic rings. The van der Waals surface area contributed by atoms with Crippen molar-refractivity contribution >= 4 is 6.03 Å². The van der Waals surface area contributed by atoms with E-state index < -0.39 is 0 Å². The minimum absolute atomic E-state index is 0.0133. The molecule has 134 valence electrons. The SMILES string of the molecule is CC(C)NC(=O)N1CCCC(c2nn(C)c(=O)n2C2CCCC2)C1. The van der Waals surface area contributed by atoms with Crippen LogP contribution in [0.4, 0.5) is 4.79 Å². The van der Waals surface area contributed by atoms with Crippen LogP contribution in [0, 0.1) is 0 Å². The minimum Gasteiger partial charge on any atom is -0.336 e. The zero-order chi connectivity index (χ0) is 17.3. The maximum absolute atomic E-state index is 12.6. The number of rotatable bonds is 3. The normalized spacial score (nSPS) is 22.3. The summed E-state index contributed by atoms with van der Waals surface area (Å²) in [6.07, 6.45) is 6.41. The Morgan fingerprint density at radius 1 is 1.21 bits per heavy atom. The van der Waals surface area contributed by atoms with E-state index in [1.165, 1.54) is 17.5 Å². The molecule has 0 aromatic carbocycles. The van der Waals surface area contributed by atoms with Crippen LogP contribution in [0.2, 0.25) is 0 Å². The highest BCUT2D eigenvalue weighted by Gasteiger charge is 2.32. The maximum atomic E-state index is 12.6. The number of aromatic nitrogens is 3. The lowest BCUT2D eigenvalue weighted by Gasteiger charge is -2.33. The molecule has 1 atom stereocenters. The highest BCUT2D eigenvalue weighted by molar-refractivity contribution is 5.74. The minimum atomic E-state index is -0.0135. The average Bonchev–Trinajstić information content (AvgIpc) is 3.16. The van der Waals surface area contributed by atoms with Crippen molar-refractivity contribution < 1.29 is 4.79 Å². The van der Waals surface area contributed by atoms with Crippen LogP contribution in [0.5, 0.6) is 0 Å². The molecule has 2 amide bonds. The summed E-state index contributed by atoms with van der Waals surface area (Å²) in [5, 5.41) is 7.51. The third-order valence-corrected chi connectivity index (χ3v) is 5.16. The Kier molecular flexibility index (Phi) is 4.96. The number of nitrogens with zero attached hydrogens (tertiary/aromatic N) is 4. The Bertz CT molecular complexity index is 642. The number of nitrogens with one attached hydrogen (secondary N) is 1. The predicted octanol–water partition coefficient (Wildman–Crippen LogP) is 1.99. The second kappa shape index (κ2) is 6.99. The smallest absolute Gasteiger partial charge is 0.336 e. The molecule has 1 saturated heterocycles. The molecule has 3 rings (SSSR count). The van der Waals surface area contributed by atoms with Crippen LogP contribution in [0.15, 0.2) is 4.79 Å². The predicted molar refractivity (Wildman–Crippen MR) is 92.2 cm³/mol. The lowest BCUT2D eigenvalue weighted by atomic mass is 9.97. The van der Waals surface area contributed by atoms with Crippen molar-refractivity contribution in [3.8, 4) is 0 Å². The molecule has 2 aliphatic rings. The van der Waals surface area contributed by atoms with Gasteiger partial charge in [-0.1, -0.05) is 12.8 Å². The molecule has 1 aliphatic heterocycles. The van der Waals surface area contributed by atoms with E-state index in [-0.39, 0.29) is 29.7 Å². The van der Waals surface area contributed by atoms with E-state index in [0.717, 1.165) is 38.1 Å². The summed E-state index contributed by atoms with van der Waals surface area (Å²) >= 11 is 0. The maximum Gasteiger partial charge on any atom is 0.345 e. The van der Waals surface area contributed by atoms with Crippen molar-refractivity contribution in [1.29, 1.82) is 0 Å². The van der Waals surface area contributed by atoms with Crippen molar-refractivity contribution in [1.82, 2.24) is 24.6 Å². The second-order valence-corrected chi connectivity index (χ2v) is 7.46. The molecule has 1 saturated carbocycles. The van der Waals surface area contributed by atoms with Crippen LogP contribution in [-0.2, 0) is 7.05 Å². The second-order valence-electron chi connectivity index (χ2n) is 7.46. The molecule has 1 aliphatic carbocycles. The Morgan fingerprint density at radius 2 is 1.92 bits per heavy atom. The van der Waals surface area contributed by atoms with Crippen molar-refractivity contribution in [2.75, 3.05) is 13.1 Å². The van der Waals surface area contributed by atoms with Gasteiger partial charge in [-0.25, -0.2) is 14.3 Å². The van der Waals surface area contributed by atoms with Gasteiger partial charge in [0.05, 0.1) is 0 Å². The van der Waals surface area contributed by atoms with E-state index in [2.05, 4.69) is 10.4 Å². The molecular formula is C17H29N5O2. The average molecular weight is 335 g/mol. The lowest BCUT2D eigenvalue weighted by molar-refractivity contribution is 0.174. The van der Waals surface area contributed by atoms with E-state index >= 15 is 0 Å². The van der Waals surface area contributed by atoms with Gasteiger partial charge in [-0.15, -0.1) is 0 Å². The van der Waals surface area contributed by atoms with Crippen LogP contribution < -0.4 is 11.0 Å². The van der Waals surface area contributed by atoms with Gasteiger partial charge in [-0.3, -0.25) is 4.57 Å². The molecule has 0 spiro atoms. The van der Waals surface area contributed by atoms with E-state index in [4.69, 9.17) is 0 Å². The van der Waals surface area contributed by atoms with E-state index in [9.17, 15) is 9.59 Å². The first-order chi connectivity index (χ1) is 11.5. The van der Waals surface area contributed by atoms with E-state index in [1.807, 2.05) is 23.3 Å². The van der Waals surface area contributed by atoms with Crippen LogP contribution in [0.1, 0.15) is 70.2 Å². The zero-order valence-corrected chi connectivity index (χ0v) is 15.0. The van der Waals surface area contributed by atoms with Crippen molar-refractivity contribution in [3.05, 3.63) is 16.3 Å². The van der Waals surface area contributed by atoms with E-state index in [1.54, 1.807) is 7.05 Å². The van der Waals surface area contributed by atoms with Crippen molar-refractivity contribution in [3.63, 3.8) is 0 Å². The summed E-state index contributed by atoms with van der Waals surface area (Å²) in [5.41, 5.74) is -0.0133. The molecule has 7 heteroatoms. The molecule has 1 N–H and O–H groups in total. The number of likely N-dealkylation sites (tertiary alicyclic amines) is 1. The highest BCUT2D eigenvalue weighted by atomic mass is 16.2. The van der Waals surface area contributed by atoms with Crippen LogP contribution in [0.25, 0.3) is 0 Å². The summed E-state index contributed by atoms with van der Waals surface area (Å²) in [6.45, 7) is 5.35. The number of hydrogen-bond acceptors (Lipinski definition) is 3. The summed E-state index contributed by atoms with van der Waals surface area (Å²) in [4.78, 5) is 26.7. The summed E-state index contributed by atoms with van der Waals surface area (Å²) in [6, 6.07) is 0.394. The summed E-state index contributed by atoms with van der Waals surface area (Å²) in [5.74, 6) is 1.02. The fraction of sp³-hybridized carbons (Fsp3) is 0.824. The standard InChI is InChI=1S/C17H29N5O2/c1-12(2)18-16(23)21-10-6-7-13(11-21)15-19-20(3)17(24)22(15)14-8-4-5-9-14/h12-14H,4-11H2,1-3H3,(H,18,23). The van der Waals surface area contributed by atoms with Gasteiger partial charge >= 0.3 is 11.7 Å². The van der Waals surface area contributed by atoms with Gasteiger partial charge in [0.1, 0.15) is 5.82 Å². The zero-order valence-electron chi connectivity index (χ0n) is 15.0. The third-order valence-electron chi connectivity index (χ3n) is 5.16. The van der Waals surface area contributed by atoms with Crippen molar-refractivity contribution in [2.45, 2.75) is 70.4 Å².